The van der Waals surface area contributed by atoms with Crippen LogP contribution in [0, 0.1) is 35.0 Å². The highest BCUT2D eigenvalue weighted by molar-refractivity contribution is 5.87. The van der Waals surface area contributed by atoms with Gasteiger partial charge in [-0.1, -0.05) is 34.6 Å². The van der Waals surface area contributed by atoms with Crippen molar-refractivity contribution in [3.63, 3.8) is 0 Å². The molecule has 0 aromatic heterocycles. The highest BCUT2D eigenvalue weighted by atomic mass is 16.1. The third-order valence-corrected chi connectivity index (χ3v) is 5.55. The average molecular weight is 250 g/mol. The zero-order valence-corrected chi connectivity index (χ0v) is 12.3. The Balaban J connectivity index is 2.36. The molecule has 2 aliphatic rings. The van der Waals surface area contributed by atoms with E-state index in [-0.39, 0.29) is 23.2 Å². The van der Waals surface area contributed by atoms with Crippen LogP contribution in [0.25, 0.3) is 0 Å². The fraction of sp³-hybridized carbons (Fsp3) is 0.875. The lowest BCUT2D eigenvalue weighted by molar-refractivity contribution is -0.128. The monoisotopic (exact) mass is 250 g/mol. The fourth-order valence-electron chi connectivity index (χ4n) is 4.51. The predicted molar refractivity (Wildman–Crippen MR) is 72.1 cm³/mol. The number of fused-ring (bicyclic) bond motifs is 1. The van der Waals surface area contributed by atoms with E-state index < -0.39 is 0 Å². The van der Waals surface area contributed by atoms with Gasteiger partial charge in [0.2, 0.25) is 0 Å². The Hall–Kier alpha value is -0.660. The van der Waals surface area contributed by atoms with Crippen LogP contribution >= 0.6 is 0 Å². The Morgan fingerprint density at radius 1 is 1.00 bits per heavy atom. The Kier molecular flexibility index (Phi) is 3.42. The number of rotatable bonds is 0. The van der Waals surface area contributed by atoms with Gasteiger partial charge in [-0.3, -0.25) is 9.59 Å². The summed E-state index contributed by atoms with van der Waals surface area (Å²) in [5, 5.41) is 0. The average Bonchev–Trinajstić information content (AvgIpc) is 2.49. The van der Waals surface area contributed by atoms with Gasteiger partial charge in [-0.25, -0.2) is 0 Å². The van der Waals surface area contributed by atoms with Gasteiger partial charge in [-0.2, -0.15) is 0 Å². The van der Waals surface area contributed by atoms with Gasteiger partial charge in [0.1, 0.15) is 11.6 Å². The van der Waals surface area contributed by atoms with Gasteiger partial charge in [0.15, 0.2) is 0 Å². The van der Waals surface area contributed by atoms with E-state index in [0.717, 1.165) is 12.8 Å². The van der Waals surface area contributed by atoms with E-state index in [0.29, 0.717) is 29.8 Å². The van der Waals surface area contributed by atoms with Crippen LogP contribution in [0.4, 0.5) is 0 Å². The third kappa shape index (κ3) is 2.04. The van der Waals surface area contributed by atoms with Crippen LogP contribution in [0.15, 0.2) is 0 Å². The Bertz CT molecular complexity index is 369. The highest BCUT2D eigenvalue weighted by Gasteiger charge is 2.52. The Morgan fingerprint density at radius 3 is 2.22 bits per heavy atom. The van der Waals surface area contributed by atoms with E-state index in [1.54, 1.807) is 0 Å². The molecule has 2 saturated carbocycles. The molecule has 2 rings (SSSR count). The molecule has 2 fully saturated rings. The minimum Gasteiger partial charge on any atom is -0.299 e. The first kappa shape index (κ1) is 13.8. The molecule has 0 radical (unpaired) electrons. The van der Waals surface area contributed by atoms with Crippen molar-refractivity contribution in [2.45, 2.75) is 53.9 Å². The molecule has 0 amide bonds. The standard InChI is InChI=1S/C16H26O2/c1-9-6-7-12-10(2)15(18)11(3)14(12)16(4,5)8-13(9)17/h9-12,14H,6-8H2,1-5H3/t9?,10-,11?,12+,14+/m0/s1. The van der Waals surface area contributed by atoms with Crippen molar-refractivity contribution >= 4 is 11.6 Å². The Morgan fingerprint density at radius 2 is 1.61 bits per heavy atom. The van der Waals surface area contributed by atoms with E-state index in [9.17, 15) is 9.59 Å². The maximum absolute atomic E-state index is 12.3. The van der Waals surface area contributed by atoms with Crippen molar-refractivity contribution in [3.8, 4) is 0 Å². The summed E-state index contributed by atoms with van der Waals surface area (Å²) in [5.41, 5.74) is -0.0315. The van der Waals surface area contributed by atoms with Crippen LogP contribution in [0.3, 0.4) is 0 Å². The number of ketones is 2. The van der Waals surface area contributed by atoms with Crippen LogP contribution in [0.2, 0.25) is 0 Å². The quantitative estimate of drug-likeness (QED) is 0.659. The minimum absolute atomic E-state index is 0.0315. The smallest absolute Gasteiger partial charge is 0.139 e. The zero-order valence-electron chi connectivity index (χ0n) is 12.3. The number of Topliss-reactive ketones (excluding diaryl/α,β-unsaturated/α-hetero) is 2. The second kappa shape index (κ2) is 4.47. The molecule has 2 aliphatic carbocycles. The topological polar surface area (TPSA) is 34.1 Å². The number of hydrogen-bond acceptors (Lipinski definition) is 2. The summed E-state index contributed by atoms with van der Waals surface area (Å²) < 4.78 is 0. The first-order valence-corrected chi connectivity index (χ1v) is 7.32. The molecule has 0 N–H and O–H groups in total. The molecule has 18 heavy (non-hydrogen) atoms. The van der Waals surface area contributed by atoms with Crippen LogP contribution in [-0.2, 0) is 9.59 Å². The summed E-state index contributed by atoms with van der Waals surface area (Å²) in [6, 6.07) is 0. The SMILES string of the molecule is CC1CC[C@@H]2[C@H](C)C(=O)C(C)[C@H]2C(C)(C)CC1=O. The van der Waals surface area contributed by atoms with E-state index in [1.807, 2.05) is 6.92 Å². The van der Waals surface area contributed by atoms with Crippen molar-refractivity contribution in [2.75, 3.05) is 0 Å². The molecule has 2 nitrogen and oxygen atoms in total. The largest absolute Gasteiger partial charge is 0.299 e. The molecule has 0 aliphatic heterocycles. The normalized spacial score (nSPS) is 44.4. The first-order valence-electron chi connectivity index (χ1n) is 7.32. The lowest BCUT2D eigenvalue weighted by Crippen LogP contribution is -2.37. The lowest BCUT2D eigenvalue weighted by atomic mass is 9.63. The van der Waals surface area contributed by atoms with Crippen molar-refractivity contribution in [1.29, 1.82) is 0 Å². The second-order valence-corrected chi connectivity index (χ2v) is 7.28. The molecule has 0 heterocycles. The number of hydrogen-bond donors (Lipinski definition) is 0. The summed E-state index contributed by atoms with van der Waals surface area (Å²) in [5.74, 6) is 2.15. The third-order valence-electron chi connectivity index (χ3n) is 5.55. The van der Waals surface area contributed by atoms with Gasteiger partial charge in [0.05, 0.1) is 0 Å². The molecule has 0 spiro atoms. The molecule has 0 saturated heterocycles. The van der Waals surface area contributed by atoms with Crippen LogP contribution in [0.1, 0.15) is 53.9 Å². The van der Waals surface area contributed by atoms with Gasteiger partial charge in [0, 0.05) is 24.2 Å². The zero-order chi connectivity index (χ0) is 13.7. The maximum Gasteiger partial charge on any atom is 0.139 e. The first-order chi connectivity index (χ1) is 8.25. The molecule has 2 heteroatoms. The van der Waals surface area contributed by atoms with E-state index in [2.05, 4.69) is 27.7 Å². The number of carbonyl (C=O) groups excluding carboxylic acids is 2. The molecular weight excluding hydrogens is 224 g/mol. The fourth-order valence-corrected chi connectivity index (χ4v) is 4.51. The summed E-state index contributed by atoms with van der Waals surface area (Å²) in [6.07, 6.45) is 2.64. The molecule has 0 bridgehead atoms. The second-order valence-electron chi connectivity index (χ2n) is 7.28. The summed E-state index contributed by atoms with van der Waals surface area (Å²) in [7, 11) is 0. The van der Waals surface area contributed by atoms with E-state index >= 15 is 0 Å². The summed E-state index contributed by atoms with van der Waals surface area (Å²) in [6.45, 7) is 10.6. The molecule has 0 aromatic carbocycles. The molecule has 5 atom stereocenters. The lowest BCUT2D eigenvalue weighted by Gasteiger charge is -2.40. The van der Waals surface area contributed by atoms with Gasteiger partial charge < -0.3 is 0 Å². The minimum atomic E-state index is -0.0315. The van der Waals surface area contributed by atoms with Crippen LogP contribution in [-0.4, -0.2) is 11.6 Å². The van der Waals surface area contributed by atoms with Gasteiger partial charge in [0.25, 0.3) is 0 Å². The molecular formula is C16H26O2. The van der Waals surface area contributed by atoms with Crippen molar-refractivity contribution in [3.05, 3.63) is 0 Å². The van der Waals surface area contributed by atoms with Crippen molar-refractivity contribution in [2.24, 2.45) is 35.0 Å². The maximum atomic E-state index is 12.3. The highest BCUT2D eigenvalue weighted by Crippen LogP contribution is 2.53. The summed E-state index contributed by atoms with van der Waals surface area (Å²) in [4.78, 5) is 24.4. The predicted octanol–water partition coefficient (Wildman–Crippen LogP) is 3.49. The van der Waals surface area contributed by atoms with E-state index in [1.165, 1.54) is 0 Å². The van der Waals surface area contributed by atoms with Gasteiger partial charge >= 0.3 is 0 Å². The Labute approximate surface area is 111 Å². The van der Waals surface area contributed by atoms with Crippen molar-refractivity contribution < 1.29 is 9.59 Å². The van der Waals surface area contributed by atoms with Crippen LogP contribution in [0.5, 0.6) is 0 Å². The number of carbonyl (C=O) groups is 2. The molecule has 0 aromatic rings. The van der Waals surface area contributed by atoms with Crippen molar-refractivity contribution in [1.82, 2.24) is 0 Å². The molecule has 102 valence electrons. The van der Waals surface area contributed by atoms with Crippen LogP contribution < -0.4 is 0 Å². The van der Waals surface area contributed by atoms with E-state index in [4.69, 9.17) is 0 Å². The molecule has 2 unspecified atom stereocenters. The van der Waals surface area contributed by atoms with Gasteiger partial charge in [-0.05, 0) is 30.1 Å². The van der Waals surface area contributed by atoms with Gasteiger partial charge in [-0.15, -0.1) is 0 Å². The summed E-state index contributed by atoms with van der Waals surface area (Å²) >= 11 is 0.